The van der Waals surface area contributed by atoms with Gasteiger partial charge in [-0.15, -0.1) is 0 Å². The highest BCUT2D eigenvalue weighted by atomic mass is 31.2. The summed E-state index contributed by atoms with van der Waals surface area (Å²) >= 11 is 0. The van der Waals surface area contributed by atoms with Crippen LogP contribution < -0.4 is 5.30 Å². The molecular weight excluding hydrogens is 267 g/mol. The Morgan fingerprint density at radius 3 is 2.53 bits per heavy atom. The summed E-state index contributed by atoms with van der Waals surface area (Å²) in [5, 5.41) is 0.479. The SMILES string of the molecule is C=CC(=O)OCCOP(=O)(OCC)c1ccccc1. The minimum absolute atomic E-state index is 0.00521. The highest BCUT2D eigenvalue weighted by Gasteiger charge is 2.26. The summed E-state index contributed by atoms with van der Waals surface area (Å²) in [4.78, 5) is 10.8. The van der Waals surface area contributed by atoms with Crippen LogP contribution in [0.1, 0.15) is 6.92 Å². The fourth-order valence-electron chi connectivity index (χ4n) is 1.33. The molecule has 0 amide bonds. The second kappa shape index (κ2) is 7.89. The van der Waals surface area contributed by atoms with Crippen LogP contribution in [0, 0.1) is 0 Å². The fourth-order valence-corrected chi connectivity index (χ4v) is 2.89. The first-order valence-corrected chi connectivity index (χ1v) is 7.40. The molecule has 1 aromatic carbocycles. The molecule has 19 heavy (non-hydrogen) atoms. The van der Waals surface area contributed by atoms with Gasteiger partial charge in [0.25, 0.3) is 0 Å². The summed E-state index contributed by atoms with van der Waals surface area (Å²) < 4.78 is 27.8. The van der Waals surface area contributed by atoms with Crippen molar-refractivity contribution in [2.75, 3.05) is 19.8 Å². The van der Waals surface area contributed by atoms with E-state index in [2.05, 4.69) is 6.58 Å². The second-order valence-corrected chi connectivity index (χ2v) is 5.48. The Bertz CT molecular complexity index is 457. The van der Waals surface area contributed by atoms with E-state index in [9.17, 15) is 9.36 Å². The van der Waals surface area contributed by atoms with E-state index in [0.717, 1.165) is 6.08 Å². The predicted molar refractivity (Wildman–Crippen MR) is 72.4 cm³/mol. The number of hydrogen-bond acceptors (Lipinski definition) is 5. The van der Waals surface area contributed by atoms with Gasteiger partial charge in [-0.25, -0.2) is 4.79 Å². The lowest BCUT2D eigenvalue weighted by Gasteiger charge is -2.17. The predicted octanol–water partition coefficient (Wildman–Crippen LogP) is 2.29. The van der Waals surface area contributed by atoms with E-state index < -0.39 is 13.6 Å². The molecule has 0 saturated carbocycles. The molecule has 0 aromatic heterocycles. The lowest BCUT2D eigenvalue weighted by Crippen LogP contribution is -2.14. The molecule has 1 aromatic rings. The Kier molecular flexibility index (Phi) is 6.50. The molecule has 0 fully saturated rings. The van der Waals surface area contributed by atoms with Crippen molar-refractivity contribution in [1.82, 2.24) is 0 Å². The molecule has 0 aliphatic rings. The van der Waals surface area contributed by atoms with E-state index in [-0.39, 0.29) is 19.8 Å². The van der Waals surface area contributed by atoms with Crippen molar-refractivity contribution in [2.24, 2.45) is 0 Å². The van der Waals surface area contributed by atoms with Gasteiger partial charge in [0.15, 0.2) is 0 Å². The van der Waals surface area contributed by atoms with Gasteiger partial charge in [-0.3, -0.25) is 4.57 Å². The molecule has 6 heteroatoms. The fraction of sp³-hybridized carbons (Fsp3) is 0.308. The average molecular weight is 284 g/mol. The number of ether oxygens (including phenoxy) is 1. The molecular formula is C13H17O5P. The molecule has 0 saturated heterocycles. The van der Waals surface area contributed by atoms with Gasteiger partial charge in [0.2, 0.25) is 0 Å². The van der Waals surface area contributed by atoms with E-state index >= 15 is 0 Å². The number of carbonyl (C=O) groups is 1. The molecule has 5 nitrogen and oxygen atoms in total. The Balaban J connectivity index is 2.60. The molecule has 1 unspecified atom stereocenters. The summed E-state index contributed by atoms with van der Waals surface area (Å²) in [7, 11) is -3.36. The van der Waals surface area contributed by atoms with Crippen LogP contribution in [0.3, 0.4) is 0 Å². The third-order valence-corrected chi connectivity index (χ3v) is 4.18. The van der Waals surface area contributed by atoms with Crippen molar-refractivity contribution < 1.29 is 23.1 Å². The Labute approximate surface area is 112 Å². The van der Waals surface area contributed by atoms with Gasteiger partial charge in [-0.05, 0) is 19.1 Å². The molecule has 0 aliphatic heterocycles. The summed E-state index contributed by atoms with van der Waals surface area (Å²) in [6.07, 6.45) is 1.05. The van der Waals surface area contributed by atoms with E-state index in [1.54, 1.807) is 31.2 Å². The van der Waals surface area contributed by atoms with Crippen molar-refractivity contribution in [3.05, 3.63) is 43.0 Å². The monoisotopic (exact) mass is 284 g/mol. The minimum atomic E-state index is -3.36. The third-order valence-electron chi connectivity index (χ3n) is 2.13. The van der Waals surface area contributed by atoms with Gasteiger partial charge in [0.1, 0.15) is 6.61 Å². The number of rotatable bonds is 8. The largest absolute Gasteiger partial charge is 0.460 e. The quantitative estimate of drug-likeness (QED) is 0.317. The van der Waals surface area contributed by atoms with Crippen LogP contribution in [0.5, 0.6) is 0 Å². The minimum Gasteiger partial charge on any atom is -0.460 e. The maximum Gasteiger partial charge on any atom is 0.361 e. The topological polar surface area (TPSA) is 61.8 Å². The van der Waals surface area contributed by atoms with Gasteiger partial charge in [-0.1, -0.05) is 24.8 Å². The highest BCUT2D eigenvalue weighted by Crippen LogP contribution is 2.46. The van der Waals surface area contributed by atoms with Crippen LogP contribution in [0.2, 0.25) is 0 Å². The van der Waals surface area contributed by atoms with Gasteiger partial charge >= 0.3 is 13.6 Å². The van der Waals surface area contributed by atoms with Crippen molar-refractivity contribution in [3.63, 3.8) is 0 Å². The Morgan fingerprint density at radius 1 is 1.26 bits per heavy atom. The van der Waals surface area contributed by atoms with Crippen molar-refractivity contribution >= 4 is 18.9 Å². The first-order chi connectivity index (χ1) is 9.12. The van der Waals surface area contributed by atoms with Crippen molar-refractivity contribution in [2.45, 2.75) is 6.92 Å². The van der Waals surface area contributed by atoms with Crippen molar-refractivity contribution in [3.8, 4) is 0 Å². The van der Waals surface area contributed by atoms with Crippen LogP contribution in [0.4, 0.5) is 0 Å². The van der Waals surface area contributed by atoms with E-state index in [0.29, 0.717) is 5.30 Å². The zero-order valence-corrected chi connectivity index (χ0v) is 11.7. The molecule has 0 spiro atoms. The first kappa shape index (κ1) is 15.6. The number of hydrogen-bond donors (Lipinski definition) is 0. The molecule has 104 valence electrons. The summed E-state index contributed by atoms with van der Waals surface area (Å²) in [5.41, 5.74) is 0. The van der Waals surface area contributed by atoms with Crippen LogP contribution in [0.15, 0.2) is 43.0 Å². The lowest BCUT2D eigenvalue weighted by molar-refractivity contribution is -0.138. The van der Waals surface area contributed by atoms with Crippen LogP contribution >= 0.6 is 7.60 Å². The van der Waals surface area contributed by atoms with Crippen molar-refractivity contribution in [1.29, 1.82) is 0 Å². The summed E-state index contributed by atoms with van der Waals surface area (Å²) in [6, 6.07) is 8.66. The van der Waals surface area contributed by atoms with E-state index in [1.807, 2.05) is 6.07 Å². The summed E-state index contributed by atoms with van der Waals surface area (Å²) in [6.45, 7) is 5.25. The Morgan fingerprint density at radius 2 is 1.95 bits per heavy atom. The molecule has 1 atom stereocenters. The molecule has 0 bridgehead atoms. The van der Waals surface area contributed by atoms with Gasteiger partial charge in [0, 0.05) is 6.08 Å². The van der Waals surface area contributed by atoms with Gasteiger partial charge in [0.05, 0.1) is 18.5 Å². The zero-order chi connectivity index (χ0) is 14.1. The molecule has 1 rings (SSSR count). The smallest absolute Gasteiger partial charge is 0.361 e. The average Bonchev–Trinajstić information content (AvgIpc) is 2.44. The lowest BCUT2D eigenvalue weighted by atomic mass is 10.4. The van der Waals surface area contributed by atoms with Crippen LogP contribution in [0.25, 0.3) is 0 Å². The zero-order valence-electron chi connectivity index (χ0n) is 10.8. The maximum absolute atomic E-state index is 12.5. The molecule has 0 radical (unpaired) electrons. The second-order valence-electron chi connectivity index (χ2n) is 3.46. The summed E-state index contributed by atoms with van der Waals surface area (Å²) in [5.74, 6) is -0.547. The molecule has 0 heterocycles. The van der Waals surface area contributed by atoms with Crippen LogP contribution in [-0.4, -0.2) is 25.8 Å². The van der Waals surface area contributed by atoms with Gasteiger partial charge < -0.3 is 13.8 Å². The van der Waals surface area contributed by atoms with Crippen LogP contribution in [-0.2, 0) is 23.1 Å². The van der Waals surface area contributed by atoms with E-state index in [1.165, 1.54) is 0 Å². The first-order valence-electron chi connectivity index (χ1n) is 5.86. The maximum atomic E-state index is 12.5. The molecule has 0 aliphatic carbocycles. The highest BCUT2D eigenvalue weighted by molar-refractivity contribution is 7.62. The Hall–Kier alpha value is -1.42. The number of benzene rings is 1. The number of carbonyl (C=O) groups excluding carboxylic acids is 1. The molecule has 0 N–H and O–H groups in total. The van der Waals surface area contributed by atoms with E-state index in [4.69, 9.17) is 13.8 Å². The standard InChI is InChI=1S/C13H17O5P/c1-3-13(14)16-10-11-18-19(15,17-4-2)12-8-6-5-7-9-12/h3,5-9H,1,4,10-11H2,2H3. The normalized spacial score (nSPS) is 13.5. The number of esters is 1. The van der Waals surface area contributed by atoms with Gasteiger partial charge in [-0.2, -0.15) is 0 Å². The third kappa shape index (κ3) is 4.99.